The Morgan fingerprint density at radius 2 is 1.94 bits per heavy atom. The van der Waals surface area contributed by atoms with Gasteiger partial charge >= 0.3 is 0 Å². The largest absolute Gasteiger partial charge is 0.508 e. The minimum absolute atomic E-state index is 0.0143. The van der Waals surface area contributed by atoms with Gasteiger partial charge < -0.3 is 14.9 Å². The van der Waals surface area contributed by atoms with E-state index in [2.05, 4.69) is 36.8 Å². The van der Waals surface area contributed by atoms with Gasteiger partial charge in [0.15, 0.2) is 0 Å². The number of likely N-dealkylation sites (tertiary alicyclic amines) is 1. The first-order chi connectivity index (χ1) is 14.9. The normalized spacial score (nSPS) is 26.5. The standard InChI is InChI=1S/C27H36N2O2/c1-20(2)18-29(26(31)21-8-5-4-6-9-21)24-13-12-23-19-28(3)15-14-27(23,17-24)22-10-7-11-25(30)16-22/h4-11,16,20,23-24,30H,12-15,17-19H2,1-3H3/t23-,24+,27+/m1/s1. The van der Waals surface area contributed by atoms with Gasteiger partial charge in [-0.25, -0.2) is 0 Å². The van der Waals surface area contributed by atoms with Crippen LogP contribution in [0.4, 0.5) is 0 Å². The molecule has 0 radical (unpaired) electrons. The molecule has 0 unspecified atom stereocenters. The second-order valence-electron chi connectivity index (χ2n) is 10.1. The lowest BCUT2D eigenvalue weighted by molar-refractivity contribution is 0.0170. The first-order valence-corrected chi connectivity index (χ1v) is 11.7. The van der Waals surface area contributed by atoms with Crippen LogP contribution in [0, 0.1) is 11.8 Å². The minimum Gasteiger partial charge on any atom is -0.508 e. The molecule has 2 aromatic carbocycles. The number of rotatable bonds is 5. The number of carbonyl (C=O) groups excluding carboxylic acids is 1. The summed E-state index contributed by atoms with van der Waals surface area (Å²) in [6, 6.07) is 17.8. The van der Waals surface area contributed by atoms with Gasteiger partial charge in [0, 0.05) is 30.1 Å². The van der Waals surface area contributed by atoms with Gasteiger partial charge in [0.25, 0.3) is 5.91 Å². The van der Waals surface area contributed by atoms with E-state index in [4.69, 9.17) is 0 Å². The first-order valence-electron chi connectivity index (χ1n) is 11.7. The van der Waals surface area contributed by atoms with Crippen molar-refractivity contribution < 1.29 is 9.90 Å². The maximum atomic E-state index is 13.6. The first kappa shape index (κ1) is 21.9. The van der Waals surface area contributed by atoms with Gasteiger partial charge in [-0.05, 0) is 80.9 Å². The molecule has 2 fully saturated rings. The van der Waals surface area contributed by atoms with E-state index in [1.165, 1.54) is 5.56 Å². The fraction of sp³-hybridized carbons (Fsp3) is 0.519. The van der Waals surface area contributed by atoms with Crippen LogP contribution in [0.15, 0.2) is 54.6 Å². The van der Waals surface area contributed by atoms with E-state index < -0.39 is 0 Å². The highest BCUT2D eigenvalue weighted by Gasteiger charge is 2.49. The van der Waals surface area contributed by atoms with Crippen LogP contribution in [0.2, 0.25) is 0 Å². The number of fused-ring (bicyclic) bond motifs is 1. The summed E-state index contributed by atoms with van der Waals surface area (Å²) >= 11 is 0. The topological polar surface area (TPSA) is 43.8 Å². The van der Waals surface area contributed by atoms with Crippen molar-refractivity contribution in [3.8, 4) is 5.75 Å². The van der Waals surface area contributed by atoms with Gasteiger partial charge in [-0.1, -0.05) is 44.2 Å². The predicted octanol–water partition coefficient (Wildman–Crippen LogP) is 4.93. The molecular weight excluding hydrogens is 384 g/mol. The molecule has 31 heavy (non-hydrogen) atoms. The molecule has 0 aromatic heterocycles. The lowest BCUT2D eigenvalue weighted by Gasteiger charge is -2.54. The molecule has 1 aliphatic carbocycles. The van der Waals surface area contributed by atoms with Crippen molar-refractivity contribution in [3.63, 3.8) is 0 Å². The van der Waals surface area contributed by atoms with Crippen molar-refractivity contribution in [2.24, 2.45) is 11.8 Å². The maximum Gasteiger partial charge on any atom is 0.254 e. The van der Waals surface area contributed by atoms with E-state index in [0.29, 0.717) is 17.6 Å². The summed E-state index contributed by atoms with van der Waals surface area (Å²) in [5.41, 5.74) is 2.03. The molecule has 1 aliphatic heterocycles. The monoisotopic (exact) mass is 420 g/mol. The molecule has 2 aromatic rings. The number of hydrogen-bond acceptors (Lipinski definition) is 3. The third kappa shape index (κ3) is 4.50. The molecular formula is C27H36N2O2. The van der Waals surface area contributed by atoms with Crippen LogP contribution in [0.3, 0.4) is 0 Å². The molecule has 1 saturated carbocycles. The Bertz CT molecular complexity index is 897. The average Bonchev–Trinajstić information content (AvgIpc) is 2.77. The predicted molar refractivity (Wildman–Crippen MR) is 125 cm³/mol. The number of phenols is 1. The van der Waals surface area contributed by atoms with Crippen molar-refractivity contribution in [3.05, 3.63) is 65.7 Å². The summed E-state index contributed by atoms with van der Waals surface area (Å²) in [5, 5.41) is 10.2. The quantitative estimate of drug-likeness (QED) is 0.746. The van der Waals surface area contributed by atoms with Crippen LogP contribution in [-0.2, 0) is 5.41 Å². The molecule has 1 N–H and O–H groups in total. The van der Waals surface area contributed by atoms with E-state index in [-0.39, 0.29) is 17.4 Å². The number of benzene rings is 2. The van der Waals surface area contributed by atoms with Crippen LogP contribution in [-0.4, -0.2) is 53.5 Å². The number of hydrogen-bond donors (Lipinski definition) is 1. The maximum absolute atomic E-state index is 13.6. The van der Waals surface area contributed by atoms with Crippen LogP contribution >= 0.6 is 0 Å². The Morgan fingerprint density at radius 3 is 2.65 bits per heavy atom. The molecule has 0 bridgehead atoms. The Labute approximate surface area is 186 Å². The number of carbonyl (C=O) groups is 1. The Balaban J connectivity index is 1.69. The van der Waals surface area contributed by atoms with Crippen LogP contribution < -0.4 is 0 Å². The van der Waals surface area contributed by atoms with E-state index in [9.17, 15) is 9.90 Å². The summed E-state index contributed by atoms with van der Waals surface area (Å²) in [6.45, 7) is 7.29. The van der Waals surface area contributed by atoms with E-state index in [1.54, 1.807) is 6.07 Å². The van der Waals surface area contributed by atoms with E-state index >= 15 is 0 Å². The zero-order valence-corrected chi connectivity index (χ0v) is 19.1. The highest BCUT2D eigenvalue weighted by molar-refractivity contribution is 5.94. The molecule has 3 atom stereocenters. The number of aromatic hydroxyl groups is 1. The molecule has 1 heterocycles. The number of nitrogens with zero attached hydrogens (tertiary/aromatic N) is 2. The molecule has 4 rings (SSSR count). The van der Waals surface area contributed by atoms with E-state index in [0.717, 1.165) is 50.9 Å². The molecule has 4 nitrogen and oxygen atoms in total. The highest BCUT2D eigenvalue weighted by atomic mass is 16.3. The van der Waals surface area contributed by atoms with Crippen LogP contribution in [0.25, 0.3) is 0 Å². The molecule has 2 aliphatic rings. The number of amides is 1. The third-order valence-corrected chi connectivity index (χ3v) is 7.41. The average molecular weight is 421 g/mol. The van der Waals surface area contributed by atoms with Crippen molar-refractivity contribution >= 4 is 5.91 Å². The SMILES string of the molecule is CC(C)CN(C(=O)c1ccccc1)[C@H]1CC[C@@H]2CN(C)CC[C@@]2(c2cccc(O)c2)C1. The Hall–Kier alpha value is -2.33. The zero-order valence-electron chi connectivity index (χ0n) is 19.1. The van der Waals surface area contributed by atoms with Gasteiger partial charge in [0.05, 0.1) is 0 Å². The minimum atomic E-state index is 0.0143. The molecule has 166 valence electrons. The number of piperidine rings is 1. The second kappa shape index (κ2) is 9.04. The van der Waals surface area contributed by atoms with Gasteiger partial charge in [-0.15, -0.1) is 0 Å². The van der Waals surface area contributed by atoms with Crippen molar-refractivity contribution in [2.75, 3.05) is 26.7 Å². The molecule has 4 heteroatoms. The van der Waals surface area contributed by atoms with Crippen LogP contribution in [0.5, 0.6) is 5.75 Å². The lowest BCUT2D eigenvalue weighted by Crippen LogP contribution is -2.56. The smallest absolute Gasteiger partial charge is 0.254 e. The Kier molecular flexibility index (Phi) is 6.38. The second-order valence-corrected chi connectivity index (χ2v) is 10.1. The highest BCUT2D eigenvalue weighted by Crippen LogP contribution is 2.50. The molecule has 1 saturated heterocycles. The number of phenolic OH excluding ortho intramolecular Hbond substituents is 1. The van der Waals surface area contributed by atoms with Gasteiger partial charge in [-0.2, -0.15) is 0 Å². The Morgan fingerprint density at radius 1 is 1.16 bits per heavy atom. The summed E-state index contributed by atoms with van der Waals surface area (Å²) in [5.74, 6) is 1.46. The van der Waals surface area contributed by atoms with Crippen molar-refractivity contribution in [1.82, 2.24) is 9.80 Å². The fourth-order valence-electron chi connectivity index (χ4n) is 5.91. The van der Waals surface area contributed by atoms with E-state index in [1.807, 2.05) is 42.5 Å². The summed E-state index contributed by atoms with van der Waals surface area (Å²) in [7, 11) is 2.21. The summed E-state index contributed by atoms with van der Waals surface area (Å²) in [4.78, 5) is 18.2. The van der Waals surface area contributed by atoms with Crippen LogP contribution in [0.1, 0.15) is 55.5 Å². The fourth-order valence-corrected chi connectivity index (χ4v) is 5.91. The summed E-state index contributed by atoms with van der Waals surface area (Å²) in [6.07, 6.45) is 4.20. The molecule has 0 spiro atoms. The van der Waals surface area contributed by atoms with Crippen molar-refractivity contribution in [2.45, 2.75) is 51.0 Å². The lowest BCUT2D eigenvalue weighted by atomic mass is 9.57. The summed E-state index contributed by atoms with van der Waals surface area (Å²) < 4.78 is 0. The zero-order chi connectivity index (χ0) is 22.0. The molecule has 1 amide bonds. The van der Waals surface area contributed by atoms with Gasteiger partial charge in [-0.3, -0.25) is 4.79 Å². The third-order valence-electron chi connectivity index (χ3n) is 7.41. The van der Waals surface area contributed by atoms with Gasteiger partial charge in [0.1, 0.15) is 5.75 Å². The van der Waals surface area contributed by atoms with Gasteiger partial charge in [0.2, 0.25) is 0 Å². The van der Waals surface area contributed by atoms with Crippen molar-refractivity contribution in [1.29, 1.82) is 0 Å².